The number of esters is 1. The monoisotopic (exact) mass is 129 g/mol. The zero-order valence-electron chi connectivity index (χ0n) is 5.76. The summed E-state index contributed by atoms with van der Waals surface area (Å²) in [5, 5.41) is 0. The van der Waals surface area contributed by atoms with Crippen molar-refractivity contribution < 1.29 is 9.53 Å². The second-order valence-corrected chi connectivity index (χ2v) is 1.38. The molecule has 0 fully saturated rings. The van der Waals surface area contributed by atoms with Crippen molar-refractivity contribution in [2.75, 3.05) is 13.2 Å². The van der Waals surface area contributed by atoms with Crippen molar-refractivity contribution in [2.45, 2.75) is 13.8 Å². The maximum Gasteiger partial charge on any atom is 0.348 e. The molecule has 0 amide bonds. The molecule has 0 spiro atoms. The van der Waals surface area contributed by atoms with Crippen molar-refractivity contribution in [1.29, 1.82) is 0 Å². The number of aliphatic imine (C=N–C) groups is 1. The summed E-state index contributed by atoms with van der Waals surface area (Å²) < 4.78 is 4.56. The van der Waals surface area contributed by atoms with E-state index in [4.69, 9.17) is 0 Å². The van der Waals surface area contributed by atoms with Gasteiger partial charge in [0.2, 0.25) is 0 Å². The van der Waals surface area contributed by atoms with E-state index in [0.29, 0.717) is 13.2 Å². The van der Waals surface area contributed by atoms with Crippen molar-refractivity contribution in [1.82, 2.24) is 0 Å². The lowest BCUT2D eigenvalue weighted by atomic mass is 10.7. The van der Waals surface area contributed by atoms with Gasteiger partial charge in [-0.05, 0) is 13.8 Å². The van der Waals surface area contributed by atoms with Gasteiger partial charge < -0.3 is 4.74 Å². The number of hydrogen-bond donors (Lipinski definition) is 0. The Morgan fingerprint density at radius 3 is 2.78 bits per heavy atom. The van der Waals surface area contributed by atoms with Crippen LogP contribution in [0.3, 0.4) is 0 Å². The minimum absolute atomic E-state index is 0.362. The van der Waals surface area contributed by atoms with Crippen LogP contribution in [0.5, 0.6) is 0 Å². The summed E-state index contributed by atoms with van der Waals surface area (Å²) in [5.74, 6) is -0.362. The van der Waals surface area contributed by atoms with Gasteiger partial charge in [0.25, 0.3) is 0 Å². The van der Waals surface area contributed by atoms with Crippen molar-refractivity contribution >= 4 is 12.2 Å². The first-order chi connectivity index (χ1) is 4.31. The second kappa shape index (κ2) is 5.28. The standard InChI is InChI=1S/C6H11NO2/c1-3-7-5-6(8)9-4-2/h5H,3-4H2,1-2H3. The number of carbonyl (C=O) groups excluding carboxylic acids is 1. The number of hydrogen-bond acceptors (Lipinski definition) is 3. The third kappa shape index (κ3) is 5.00. The van der Waals surface area contributed by atoms with Gasteiger partial charge in [-0.2, -0.15) is 0 Å². The van der Waals surface area contributed by atoms with Crippen molar-refractivity contribution in [2.24, 2.45) is 4.99 Å². The molecular formula is C6H11NO2. The molecule has 0 saturated carbocycles. The molecule has 0 atom stereocenters. The Hall–Kier alpha value is -0.860. The Morgan fingerprint density at radius 2 is 2.33 bits per heavy atom. The van der Waals surface area contributed by atoms with E-state index in [1.54, 1.807) is 6.92 Å². The van der Waals surface area contributed by atoms with E-state index in [1.165, 1.54) is 6.21 Å². The molecule has 0 heterocycles. The average molecular weight is 129 g/mol. The molecule has 3 heteroatoms. The molecular weight excluding hydrogens is 118 g/mol. The smallest absolute Gasteiger partial charge is 0.348 e. The van der Waals surface area contributed by atoms with Gasteiger partial charge in [-0.25, -0.2) is 4.79 Å². The SMILES string of the molecule is CCN=CC(=O)OCC. The Morgan fingerprint density at radius 1 is 1.67 bits per heavy atom. The van der Waals surface area contributed by atoms with Gasteiger partial charge in [0.15, 0.2) is 0 Å². The van der Waals surface area contributed by atoms with E-state index in [1.807, 2.05) is 6.92 Å². The van der Waals surface area contributed by atoms with Crippen LogP contribution in [0.2, 0.25) is 0 Å². The highest BCUT2D eigenvalue weighted by molar-refractivity contribution is 6.23. The molecule has 0 bridgehead atoms. The first-order valence-corrected chi connectivity index (χ1v) is 2.97. The molecule has 0 saturated heterocycles. The van der Waals surface area contributed by atoms with Crippen LogP contribution >= 0.6 is 0 Å². The van der Waals surface area contributed by atoms with E-state index < -0.39 is 0 Å². The fraction of sp³-hybridized carbons (Fsp3) is 0.667. The molecule has 0 aliphatic carbocycles. The highest BCUT2D eigenvalue weighted by atomic mass is 16.5. The number of carbonyl (C=O) groups is 1. The largest absolute Gasteiger partial charge is 0.462 e. The summed E-state index contributed by atoms with van der Waals surface area (Å²) in [6, 6.07) is 0. The number of ether oxygens (including phenoxy) is 1. The van der Waals surface area contributed by atoms with Gasteiger partial charge in [0.05, 0.1) is 6.61 Å². The zero-order chi connectivity index (χ0) is 7.11. The predicted molar refractivity (Wildman–Crippen MR) is 35.7 cm³/mol. The molecule has 0 aliphatic rings. The molecule has 52 valence electrons. The highest BCUT2D eigenvalue weighted by Gasteiger charge is 1.90. The van der Waals surface area contributed by atoms with Crippen LogP contribution in [0.15, 0.2) is 4.99 Å². The van der Waals surface area contributed by atoms with Crippen LogP contribution in [-0.2, 0) is 9.53 Å². The quantitative estimate of drug-likeness (QED) is 0.414. The Kier molecular flexibility index (Phi) is 4.78. The van der Waals surface area contributed by atoms with Crippen LogP contribution in [0.4, 0.5) is 0 Å². The molecule has 0 N–H and O–H groups in total. The number of nitrogens with zero attached hydrogens (tertiary/aromatic N) is 1. The summed E-state index contributed by atoms with van der Waals surface area (Å²) in [6.45, 7) is 4.65. The van der Waals surface area contributed by atoms with Crippen LogP contribution in [0.25, 0.3) is 0 Å². The van der Waals surface area contributed by atoms with Gasteiger partial charge >= 0.3 is 5.97 Å². The maximum absolute atomic E-state index is 10.4. The lowest BCUT2D eigenvalue weighted by Crippen LogP contribution is -2.04. The minimum Gasteiger partial charge on any atom is -0.462 e. The van der Waals surface area contributed by atoms with E-state index >= 15 is 0 Å². The molecule has 0 aromatic carbocycles. The molecule has 0 radical (unpaired) electrons. The first kappa shape index (κ1) is 8.14. The van der Waals surface area contributed by atoms with E-state index in [-0.39, 0.29) is 5.97 Å². The lowest BCUT2D eigenvalue weighted by Gasteiger charge is -1.91. The predicted octanol–water partition coefficient (Wildman–Crippen LogP) is 0.640. The van der Waals surface area contributed by atoms with Gasteiger partial charge in [-0.3, -0.25) is 4.99 Å². The maximum atomic E-state index is 10.4. The average Bonchev–Trinajstić information content (AvgIpc) is 1.85. The zero-order valence-corrected chi connectivity index (χ0v) is 5.76. The van der Waals surface area contributed by atoms with Crippen LogP contribution in [0, 0.1) is 0 Å². The van der Waals surface area contributed by atoms with Crippen LogP contribution in [-0.4, -0.2) is 25.3 Å². The summed E-state index contributed by atoms with van der Waals surface area (Å²) >= 11 is 0. The van der Waals surface area contributed by atoms with E-state index in [2.05, 4.69) is 9.73 Å². The van der Waals surface area contributed by atoms with Crippen LogP contribution < -0.4 is 0 Å². The van der Waals surface area contributed by atoms with Gasteiger partial charge in [-0.15, -0.1) is 0 Å². The van der Waals surface area contributed by atoms with Crippen molar-refractivity contribution in [3.63, 3.8) is 0 Å². The third-order valence-electron chi connectivity index (χ3n) is 0.666. The molecule has 0 aromatic rings. The summed E-state index contributed by atoms with van der Waals surface area (Å²) in [6.07, 6.45) is 1.20. The lowest BCUT2D eigenvalue weighted by molar-refractivity contribution is -0.134. The molecule has 0 unspecified atom stereocenters. The topological polar surface area (TPSA) is 38.7 Å². The van der Waals surface area contributed by atoms with Crippen molar-refractivity contribution in [3.8, 4) is 0 Å². The fourth-order valence-corrected chi connectivity index (χ4v) is 0.345. The highest BCUT2D eigenvalue weighted by Crippen LogP contribution is 1.73. The molecule has 0 aromatic heterocycles. The molecule has 3 nitrogen and oxygen atoms in total. The van der Waals surface area contributed by atoms with E-state index in [9.17, 15) is 4.79 Å². The molecule has 0 aliphatic heterocycles. The minimum atomic E-state index is -0.362. The van der Waals surface area contributed by atoms with Crippen molar-refractivity contribution in [3.05, 3.63) is 0 Å². The summed E-state index contributed by atoms with van der Waals surface area (Å²) in [5.41, 5.74) is 0. The number of rotatable bonds is 3. The Balaban J connectivity index is 3.37. The normalized spacial score (nSPS) is 10.0. The van der Waals surface area contributed by atoms with Gasteiger partial charge in [0, 0.05) is 6.54 Å². The Bertz CT molecular complexity index is 110. The molecule has 0 rings (SSSR count). The fourth-order valence-electron chi connectivity index (χ4n) is 0.345. The Labute approximate surface area is 54.7 Å². The van der Waals surface area contributed by atoms with Crippen LogP contribution in [0.1, 0.15) is 13.8 Å². The van der Waals surface area contributed by atoms with Gasteiger partial charge in [-0.1, -0.05) is 0 Å². The molecule has 9 heavy (non-hydrogen) atoms. The summed E-state index contributed by atoms with van der Waals surface area (Å²) in [4.78, 5) is 14.1. The van der Waals surface area contributed by atoms with E-state index in [0.717, 1.165) is 0 Å². The third-order valence-corrected chi connectivity index (χ3v) is 0.666. The second-order valence-electron chi connectivity index (χ2n) is 1.38. The summed E-state index contributed by atoms with van der Waals surface area (Å²) in [7, 11) is 0. The van der Waals surface area contributed by atoms with Gasteiger partial charge in [0.1, 0.15) is 6.21 Å². The first-order valence-electron chi connectivity index (χ1n) is 2.97.